The first kappa shape index (κ1) is 13.9. The lowest BCUT2D eigenvalue weighted by Crippen LogP contribution is -2.51. The van der Waals surface area contributed by atoms with Crippen LogP contribution in [-0.2, 0) is 4.74 Å². The molecule has 1 saturated carbocycles. The summed E-state index contributed by atoms with van der Waals surface area (Å²) < 4.78 is 5.20. The van der Waals surface area contributed by atoms with E-state index >= 15 is 0 Å². The van der Waals surface area contributed by atoms with Gasteiger partial charge in [-0.3, -0.25) is 4.90 Å². The molecule has 0 amide bonds. The molecule has 0 bridgehead atoms. The fraction of sp³-hybridized carbons (Fsp3) is 1.00. The van der Waals surface area contributed by atoms with Crippen molar-refractivity contribution in [1.82, 2.24) is 4.90 Å². The van der Waals surface area contributed by atoms with E-state index in [0.717, 1.165) is 13.2 Å². The zero-order valence-corrected chi connectivity index (χ0v) is 11.1. The SMILES string of the molecule is COCCN(C(C)C)C1CCCCCC1N. The van der Waals surface area contributed by atoms with Crippen molar-refractivity contribution in [2.45, 2.75) is 64.1 Å². The van der Waals surface area contributed by atoms with Crippen molar-refractivity contribution in [2.24, 2.45) is 5.73 Å². The molecular weight excluding hydrogens is 200 g/mol. The van der Waals surface area contributed by atoms with Crippen LogP contribution in [0, 0.1) is 0 Å². The summed E-state index contributed by atoms with van der Waals surface area (Å²) in [7, 11) is 1.77. The van der Waals surface area contributed by atoms with Gasteiger partial charge in [0.25, 0.3) is 0 Å². The average Bonchev–Trinajstić information content (AvgIpc) is 2.44. The molecule has 0 aromatic rings. The molecule has 3 nitrogen and oxygen atoms in total. The summed E-state index contributed by atoms with van der Waals surface area (Å²) >= 11 is 0. The van der Waals surface area contributed by atoms with Gasteiger partial charge < -0.3 is 10.5 Å². The molecule has 0 aliphatic heterocycles. The molecule has 0 radical (unpaired) electrons. The molecule has 0 spiro atoms. The highest BCUT2D eigenvalue weighted by atomic mass is 16.5. The molecule has 1 aliphatic rings. The number of nitrogens with two attached hydrogens (primary N) is 1. The van der Waals surface area contributed by atoms with Gasteiger partial charge in [-0.25, -0.2) is 0 Å². The Balaban J connectivity index is 2.58. The third kappa shape index (κ3) is 4.04. The fourth-order valence-corrected chi connectivity index (χ4v) is 2.73. The average molecular weight is 228 g/mol. The van der Waals surface area contributed by atoms with Crippen LogP contribution in [0.25, 0.3) is 0 Å². The van der Waals surface area contributed by atoms with E-state index in [4.69, 9.17) is 10.5 Å². The van der Waals surface area contributed by atoms with Crippen LogP contribution < -0.4 is 5.73 Å². The van der Waals surface area contributed by atoms with Gasteiger partial charge in [0.15, 0.2) is 0 Å². The highest BCUT2D eigenvalue weighted by Gasteiger charge is 2.27. The Kier molecular flexibility index (Phi) is 6.32. The Morgan fingerprint density at radius 1 is 1.25 bits per heavy atom. The highest BCUT2D eigenvalue weighted by molar-refractivity contribution is 4.86. The van der Waals surface area contributed by atoms with Crippen LogP contribution in [0.2, 0.25) is 0 Å². The molecule has 96 valence electrons. The first-order valence-electron chi connectivity index (χ1n) is 6.67. The highest BCUT2D eigenvalue weighted by Crippen LogP contribution is 2.22. The maximum absolute atomic E-state index is 6.31. The zero-order valence-electron chi connectivity index (χ0n) is 11.1. The summed E-state index contributed by atoms with van der Waals surface area (Å²) in [6.07, 6.45) is 6.41. The second kappa shape index (κ2) is 7.25. The minimum Gasteiger partial charge on any atom is -0.383 e. The van der Waals surface area contributed by atoms with E-state index in [1.54, 1.807) is 7.11 Å². The molecule has 1 aliphatic carbocycles. The molecule has 16 heavy (non-hydrogen) atoms. The topological polar surface area (TPSA) is 38.5 Å². The van der Waals surface area contributed by atoms with Crippen LogP contribution in [0.3, 0.4) is 0 Å². The first-order valence-corrected chi connectivity index (χ1v) is 6.67. The molecule has 0 aromatic carbocycles. The second-order valence-corrected chi connectivity index (χ2v) is 5.19. The van der Waals surface area contributed by atoms with Crippen molar-refractivity contribution in [2.75, 3.05) is 20.3 Å². The second-order valence-electron chi connectivity index (χ2n) is 5.19. The van der Waals surface area contributed by atoms with Crippen LogP contribution in [0.5, 0.6) is 0 Å². The fourth-order valence-electron chi connectivity index (χ4n) is 2.73. The van der Waals surface area contributed by atoms with Crippen molar-refractivity contribution in [3.05, 3.63) is 0 Å². The summed E-state index contributed by atoms with van der Waals surface area (Å²) in [5, 5.41) is 0. The molecular formula is C13H28N2O. The van der Waals surface area contributed by atoms with Gasteiger partial charge in [0.2, 0.25) is 0 Å². The van der Waals surface area contributed by atoms with Crippen molar-refractivity contribution in [3.8, 4) is 0 Å². The van der Waals surface area contributed by atoms with Crippen LogP contribution in [0.15, 0.2) is 0 Å². The molecule has 2 atom stereocenters. The largest absolute Gasteiger partial charge is 0.383 e. The number of methoxy groups -OCH3 is 1. The lowest BCUT2D eigenvalue weighted by Gasteiger charge is -2.37. The maximum atomic E-state index is 6.31. The van der Waals surface area contributed by atoms with Gasteiger partial charge in [0, 0.05) is 31.8 Å². The van der Waals surface area contributed by atoms with Gasteiger partial charge in [0.05, 0.1) is 6.61 Å². The summed E-state index contributed by atoms with van der Waals surface area (Å²) in [5.74, 6) is 0. The number of nitrogens with zero attached hydrogens (tertiary/aromatic N) is 1. The van der Waals surface area contributed by atoms with Gasteiger partial charge in [0.1, 0.15) is 0 Å². The molecule has 2 N–H and O–H groups in total. The Morgan fingerprint density at radius 3 is 2.56 bits per heavy atom. The third-order valence-electron chi connectivity index (χ3n) is 3.67. The molecule has 1 rings (SSSR count). The van der Waals surface area contributed by atoms with Gasteiger partial charge in [-0.2, -0.15) is 0 Å². The van der Waals surface area contributed by atoms with E-state index < -0.39 is 0 Å². The van der Waals surface area contributed by atoms with E-state index in [9.17, 15) is 0 Å². The number of rotatable bonds is 5. The minimum atomic E-state index is 0.349. The van der Waals surface area contributed by atoms with Gasteiger partial charge in [-0.05, 0) is 26.7 Å². The monoisotopic (exact) mass is 228 g/mol. The predicted molar refractivity (Wildman–Crippen MR) is 68.6 cm³/mol. The lowest BCUT2D eigenvalue weighted by atomic mass is 10.0. The Labute approximate surface area is 100 Å². The zero-order chi connectivity index (χ0) is 12.0. The van der Waals surface area contributed by atoms with Gasteiger partial charge >= 0.3 is 0 Å². The van der Waals surface area contributed by atoms with E-state index in [0.29, 0.717) is 18.1 Å². The van der Waals surface area contributed by atoms with Crippen LogP contribution in [0.4, 0.5) is 0 Å². The molecule has 2 unspecified atom stereocenters. The Hall–Kier alpha value is -0.120. The smallest absolute Gasteiger partial charge is 0.0589 e. The maximum Gasteiger partial charge on any atom is 0.0589 e. The Morgan fingerprint density at radius 2 is 1.94 bits per heavy atom. The quantitative estimate of drug-likeness (QED) is 0.732. The lowest BCUT2D eigenvalue weighted by molar-refractivity contribution is 0.0809. The summed E-state index contributed by atoms with van der Waals surface area (Å²) in [6.45, 7) is 6.33. The number of hydrogen-bond acceptors (Lipinski definition) is 3. The first-order chi connectivity index (χ1) is 7.66. The van der Waals surface area contributed by atoms with Crippen molar-refractivity contribution in [3.63, 3.8) is 0 Å². The molecule has 3 heteroatoms. The molecule has 0 aromatic heterocycles. The molecule has 0 saturated heterocycles. The summed E-state index contributed by atoms with van der Waals surface area (Å²) in [4.78, 5) is 2.53. The normalized spacial score (nSPS) is 27.4. The van der Waals surface area contributed by atoms with Crippen molar-refractivity contribution >= 4 is 0 Å². The van der Waals surface area contributed by atoms with Gasteiger partial charge in [-0.15, -0.1) is 0 Å². The third-order valence-corrected chi connectivity index (χ3v) is 3.67. The number of hydrogen-bond donors (Lipinski definition) is 1. The van der Waals surface area contributed by atoms with Crippen molar-refractivity contribution in [1.29, 1.82) is 0 Å². The van der Waals surface area contributed by atoms with Crippen molar-refractivity contribution < 1.29 is 4.74 Å². The predicted octanol–water partition coefficient (Wildman–Crippen LogP) is 2.00. The van der Waals surface area contributed by atoms with E-state index in [1.807, 2.05) is 0 Å². The van der Waals surface area contributed by atoms with Crippen LogP contribution in [-0.4, -0.2) is 43.3 Å². The van der Waals surface area contributed by atoms with Crippen LogP contribution in [0.1, 0.15) is 46.0 Å². The van der Waals surface area contributed by atoms with Crippen LogP contribution >= 0.6 is 0 Å². The molecule has 0 heterocycles. The Bertz CT molecular complexity index is 185. The number of ether oxygens (including phenoxy) is 1. The minimum absolute atomic E-state index is 0.349. The molecule has 1 fully saturated rings. The van der Waals surface area contributed by atoms with Gasteiger partial charge in [-0.1, -0.05) is 19.3 Å². The van der Waals surface area contributed by atoms with E-state index in [1.165, 1.54) is 32.1 Å². The summed E-state index contributed by atoms with van der Waals surface area (Å²) in [5.41, 5.74) is 6.31. The van der Waals surface area contributed by atoms with E-state index in [-0.39, 0.29) is 0 Å². The van der Waals surface area contributed by atoms with E-state index in [2.05, 4.69) is 18.7 Å². The summed E-state index contributed by atoms with van der Waals surface area (Å²) in [6, 6.07) is 1.46. The standard InChI is InChI=1S/C13H28N2O/c1-11(2)15(9-10-16-3)13-8-6-4-5-7-12(13)14/h11-13H,4-10,14H2,1-3H3.